The fraction of sp³-hybridized carbons (Fsp3) is 0.600. The molecule has 1 heterocycles. The van der Waals surface area contributed by atoms with E-state index >= 15 is 0 Å². The first kappa shape index (κ1) is 16.8. The Kier molecular flexibility index (Phi) is 6.10. The maximum absolute atomic E-state index is 12.5. The Morgan fingerprint density at radius 3 is 2.86 bits per heavy atom. The van der Waals surface area contributed by atoms with Crippen molar-refractivity contribution in [3.05, 3.63) is 29.3 Å². The second-order valence-corrected chi connectivity index (χ2v) is 8.51. The molecule has 0 spiro atoms. The minimum Gasteiger partial charge on any atom is -0.313 e. The number of thioether (sulfide) groups is 1. The molecule has 1 saturated heterocycles. The summed E-state index contributed by atoms with van der Waals surface area (Å²) in [6.45, 7) is 5.97. The van der Waals surface area contributed by atoms with Crippen LogP contribution < -0.4 is 10.0 Å². The van der Waals surface area contributed by atoms with E-state index in [1.165, 1.54) is 6.42 Å². The first-order chi connectivity index (χ1) is 10.0. The topological polar surface area (TPSA) is 58.2 Å². The van der Waals surface area contributed by atoms with E-state index in [-0.39, 0.29) is 0 Å². The van der Waals surface area contributed by atoms with Gasteiger partial charge in [0.05, 0.1) is 4.90 Å². The van der Waals surface area contributed by atoms with Crippen LogP contribution in [-0.4, -0.2) is 32.5 Å². The molecule has 118 valence electrons. The Balaban J connectivity index is 2.09. The van der Waals surface area contributed by atoms with Crippen molar-refractivity contribution in [1.82, 2.24) is 10.0 Å². The quantitative estimate of drug-likeness (QED) is 0.806. The molecule has 1 aromatic carbocycles. The van der Waals surface area contributed by atoms with Gasteiger partial charge in [-0.25, -0.2) is 13.1 Å². The van der Waals surface area contributed by atoms with Crippen LogP contribution in [0.15, 0.2) is 23.1 Å². The zero-order valence-electron chi connectivity index (χ0n) is 12.7. The molecule has 1 fully saturated rings. The van der Waals surface area contributed by atoms with Gasteiger partial charge in [-0.1, -0.05) is 19.1 Å². The second kappa shape index (κ2) is 7.63. The smallest absolute Gasteiger partial charge is 0.240 e. The van der Waals surface area contributed by atoms with E-state index in [0.29, 0.717) is 23.2 Å². The minimum atomic E-state index is -3.42. The lowest BCUT2D eigenvalue weighted by Gasteiger charge is -2.13. The molecule has 1 aromatic rings. The van der Waals surface area contributed by atoms with Gasteiger partial charge in [0.1, 0.15) is 0 Å². The standard InChI is InChI=1S/C15H24N2O2S2/c1-3-16-10-13-7-6-12(2)15(9-13)21(18,19)17-11-14-5-4-8-20-14/h6-7,9,14,16-17H,3-5,8,10-11H2,1-2H3. The molecule has 2 rings (SSSR count). The van der Waals surface area contributed by atoms with Crippen molar-refractivity contribution < 1.29 is 8.42 Å². The molecule has 0 aliphatic carbocycles. The summed E-state index contributed by atoms with van der Waals surface area (Å²) in [5.74, 6) is 1.14. The van der Waals surface area contributed by atoms with Gasteiger partial charge in [-0.05, 0) is 49.3 Å². The van der Waals surface area contributed by atoms with Gasteiger partial charge in [-0.3, -0.25) is 0 Å². The summed E-state index contributed by atoms with van der Waals surface area (Å²) < 4.78 is 27.8. The Bertz CT molecular complexity index is 567. The number of nitrogens with one attached hydrogen (secondary N) is 2. The van der Waals surface area contributed by atoms with Gasteiger partial charge in [0.15, 0.2) is 0 Å². The molecule has 0 amide bonds. The van der Waals surface area contributed by atoms with Crippen molar-refractivity contribution in [2.24, 2.45) is 0 Å². The monoisotopic (exact) mass is 328 g/mol. The molecular weight excluding hydrogens is 304 g/mol. The average molecular weight is 329 g/mol. The summed E-state index contributed by atoms with van der Waals surface area (Å²) in [5.41, 5.74) is 1.79. The van der Waals surface area contributed by atoms with Crippen LogP contribution in [0.4, 0.5) is 0 Å². The molecule has 0 radical (unpaired) electrons. The molecule has 1 atom stereocenters. The van der Waals surface area contributed by atoms with E-state index < -0.39 is 10.0 Å². The molecule has 1 aliphatic heterocycles. The number of rotatable bonds is 7. The third kappa shape index (κ3) is 4.71. The minimum absolute atomic E-state index is 0.404. The van der Waals surface area contributed by atoms with E-state index in [2.05, 4.69) is 10.0 Å². The molecule has 1 unspecified atom stereocenters. The first-order valence-corrected chi connectivity index (χ1v) is 9.97. The van der Waals surface area contributed by atoms with Crippen LogP contribution in [0.25, 0.3) is 0 Å². The van der Waals surface area contributed by atoms with Crippen molar-refractivity contribution in [3.63, 3.8) is 0 Å². The van der Waals surface area contributed by atoms with Gasteiger partial charge >= 0.3 is 0 Å². The maximum Gasteiger partial charge on any atom is 0.240 e. The Morgan fingerprint density at radius 1 is 1.38 bits per heavy atom. The summed E-state index contributed by atoms with van der Waals surface area (Å²) in [4.78, 5) is 0.404. The lowest BCUT2D eigenvalue weighted by Crippen LogP contribution is -2.30. The number of aryl methyl sites for hydroxylation is 1. The lowest BCUT2D eigenvalue weighted by atomic mass is 10.1. The highest BCUT2D eigenvalue weighted by Gasteiger charge is 2.21. The van der Waals surface area contributed by atoms with Crippen LogP contribution in [0.5, 0.6) is 0 Å². The highest BCUT2D eigenvalue weighted by molar-refractivity contribution is 8.00. The number of benzene rings is 1. The molecule has 0 saturated carbocycles. The third-order valence-corrected chi connectivity index (χ3v) is 6.61. The van der Waals surface area contributed by atoms with Gasteiger partial charge in [0.25, 0.3) is 0 Å². The fourth-order valence-electron chi connectivity index (χ4n) is 2.40. The SMILES string of the molecule is CCNCc1ccc(C)c(S(=O)(=O)NCC2CCCS2)c1. The van der Waals surface area contributed by atoms with E-state index in [9.17, 15) is 8.42 Å². The molecule has 0 aromatic heterocycles. The van der Waals surface area contributed by atoms with E-state index in [1.54, 1.807) is 6.07 Å². The van der Waals surface area contributed by atoms with Crippen molar-refractivity contribution >= 4 is 21.8 Å². The molecule has 6 heteroatoms. The van der Waals surface area contributed by atoms with Crippen molar-refractivity contribution in [2.45, 2.75) is 43.4 Å². The van der Waals surface area contributed by atoms with Crippen molar-refractivity contribution in [3.8, 4) is 0 Å². The molecule has 21 heavy (non-hydrogen) atoms. The van der Waals surface area contributed by atoms with Gasteiger partial charge in [0.2, 0.25) is 10.0 Å². The summed E-state index contributed by atoms with van der Waals surface area (Å²) in [6.07, 6.45) is 2.29. The molecule has 0 bridgehead atoms. The first-order valence-electron chi connectivity index (χ1n) is 7.44. The van der Waals surface area contributed by atoms with E-state index in [4.69, 9.17) is 0 Å². The molecule has 2 N–H and O–H groups in total. The van der Waals surface area contributed by atoms with Crippen molar-refractivity contribution in [2.75, 3.05) is 18.8 Å². The third-order valence-electron chi connectivity index (χ3n) is 3.65. The molecular formula is C15H24N2O2S2. The molecule has 4 nitrogen and oxygen atoms in total. The van der Waals surface area contributed by atoms with Gasteiger partial charge in [-0.15, -0.1) is 0 Å². The summed E-state index contributed by atoms with van der Waals surface area (Å²) in [5, 5.41) is 3.64. The van der Waals surface area contributed by atoms with Crippen LogP contribution >= 0.6 is 11.8 Å². The largest absolute Gasteiger partial charge is 0.313 e. The predicted molar refractivity (Wildman–Crippen MR) is 89.2 cm³/mol. The summed E-state index contributed by atoms with van der Waals surface area (Å²) in [6, 6.07) is 5.64. The fourth-order valence-corrected chi connectivity index (χ4v) is 5.08. The summed E-state index contributed by atoms with van der Waals surface area (Å²) >= 11 is 1.86. The van der Waals surface area contributed by atoms with Gasteiger partial charge in [0, 0.05) is 18.3 Å². The van der Waals surface area contributed by atoms with Crippen LogP contribution in [0.1, 0.15) is 30.9 Å². The van der Waals surface area contributed by atoms with Crippen LogP contribution in [0.3, 0.4) is 0 Å². The van der Waals surface area contributed by atoms with Crippen LogP contribution in [0.2, 0.25) is 0 Å². The van der Waals surface area contributed by atoms with Crippen LogP contribution in [-0.2, 0) is 16.6 Å². The Labute approximate surface area is 132 Å². The van der Waals surface area contributed by atoms with Crippen LogP contribution in [0, 0.1) is 6.92 Å². The van der Waals surface area contributed by atoms with Crippen molar-refractivity contribution in [1.29, 1.82) is 0 Å². The highest BCUT2D eigenvalue weighted by atomic mass is 32.2. The average Bonchev–Trinajstić information content (AvgIpc) is 2.97. The predicted octanol–water partition coefficient (Wildman–Crippen LogP) is 2.28. The van der Waals surface area contributed by atoms with Gasteiger partial charge in [-0.2, -0.15) is 11.8 Å². The zero-order valence-corrected chi connectivity index (χ0v) is 14.3. The maximum atomic E-state index is 12.5. The molecule has 1 aliphatic rings. The Hall–Kier alpha value is -0.560. The summed E-state index contributed by atoms with van der Waals surface area (Å²) in [7, 11) is -3.42. The number of hydrogen-bond acceptors (Lipinski definition) is 4. The zero-order chi connectivity index (χ0) is 15.3. The highest BCUT2D eigenvalue weighted by Crippen LogP contribution is 2.26. The van der Waals surface area contributed by atoms with Gasteiger partial charge < -0.3 is 5.32 Å². The number of hydrogen-bond donors (Lipinski definition) is 2. The normalized spacial score (nSPS) is 19.0. The lowest BCUT2D eigenvalue weighted by molar-refractivity contribution is 0.578. The van der Waals surface area contributed by atoms with E-state index in [0.717, 1.165) is 29.8 Å². The Morgan fingerprint density at radius 2 is 2.19 bits per heavy atom. The van der Waals surface area contributed by atoms with E-state index in [1.807, 2.05) is 37.7 Å². The second-order valence-electron chi connectivity index (χ2n) is 5.37. The number of sulfonamides is 1.